The van der Waals surface area contributed by atoms with Gasteiger partial charge in [0.05, 0.1) is 10.6 Å². The highest BCUT2D eigenvalue weighted by Crippen LogP contribution is 2.19. The largest absolute Gasteiger partial charge is 0.379 e. The molecule has 0 heterocycles. The third-order valence-corrected chi connectivity index (χ3v) is 3.58. The maximum Gasteiger partial charge on any atom is 0.238 e. The zero-order valence-corrected chi connectivity index (χ0v) is 11.1. The summed E-state index contributed by atoms with van der Waals surface area (Å²) in [5, 5.41) is 7.70. The molecule has 0 spiro atoms. The maximum absolute atomic E-state index is 13.7. The number of sulfonamides is 1. The predicted octanol–water partition coefficient (Wildman–Crippen LogP) is 2.22. The van der Waals surface area contributed by atoms with Crippen LogP contribution in [0, 0.1) is 11.6 Å². The van der Waals surface area contributed by atoms with Gasteiger partial charge in [0.15, 0.2) is 0 Å². The van der Waals surface area contributed by atoms with Gasteiger partial charge in [0.25, 0.3) is 0 Å². The van der Waals surface area contributed by atoms with Crippen LogP contribution in [0.1, 0.15) is 5.56 Å². The monoisotopic (exact) mass is 298 g/mol. The molecule has 20 heavy (non-hydrogen) atoms. The summed E-state index contributed by atoms with van der Waals surface area (Å²) < 4.78 is 48.6. The first kappa shape index (κ1) is 14.4. The molecule has 3 N–H and O–H groups in total. The number of nitrogens with one attached hydrogen (secondary N) is 1. The third-order valence-electron chi connectivity index (χ3n) is 2.67. The van der Waals surface area contributed by atoms with Gasteiger partial charge in [-0.2, -0.15) is 0 Å². The molecule has 0 amide bonds. The number of nitrogens with two attached hydrogens (primary N) is 1. The first-order valence-electron chi connectivity index (χ1n) is 5.67. The van der Waals surface area contributed by atoms with E-state index in [4.69, 9.17) is 5.14 Å². The summed E-state index contributed by atoms with van der Waals surface area (Å²) in [5.74, 6) is -1.07. The van der Waals surface area contributed by atoms with E-state index in [1.54, 1.807) is 12.1 Å². The van der Waals surface area contributed by atoms with Crippen molar-refractivity contribution in [1.29, 1.82) is 0 Å². The van der Waals surface area contributed by atoms with Crippen LogP contribution in [0.15, 0.2) is 47.4 Å². The average Bonchev–Trinajstić information content (AvgIpc) is 2.38. The van der Waals surface area contributed by atoms with Crippen LogP contribution in [-0.2, 0) is 16.6 Å². The van der Waals surface area contributed by atoms with Gasteiger partial charge in [-0.3, -0.25) is 0 Å². The second-order valence-corrected chi connectivity index (χ2v) is 5.73. The number of hydrogen-bond acceptors (Lipinski definition) is 3. The van der Waals surface area contributed by atoms with Gasteiger partial charge in [-0.15, -0.1) is 0 Å². The lowest BCUT2D eigenvalue weighted by Crippen LogP contribution is -2.12. The second-order valence-electron chi connectivity index (χ2n) is 4.17. The molecular formula is C13H12F2N2O2S. The first-order chi connectivity index (χ1) is 9.36. The summed E-state index contributed by atoms with van der Waals surface area (Å²) in [6, 6.07) is 9.10. The van der Waals surface area contributed by atoms with Crippen LogP contribution in [0.2, 0.25) is 0 Å². The minimum Gasteiger partial charge on any atom is -0.379 e. The van der Waals surface area contributed by atoms with Crippen LogP contribution in [0.4, 0.5) is 14.5 Å². The van der Waals surface area contributed by atoms with Crippen LogP contribution >= 0.6 is 0 Å². The van der Waals surface area contributed by atoms with E-state index in [2.05, 4.69) is 5.32 Å². The Morgan fingerprint density at radius 1 is 1.05 bits per heavy atom. The Morgan fingerprint density at radius 2 is 1.70 bits per heavy atom. The molecule has 0 aromatic heterocycles. The third kappa shape index (κ3) is 3.52. The lowest BCUT2D eigenvalue weighted by atomic mass is 10.2. The van der Waals surface area contributed by atoms with Crippen molar-refractivity contribution >= 4 is 15.7 Å². The van der Waals surface area contributed by atoms with E-state index >= 15 is 0 Å². The van der Waals surface area contributed by atoms with Crippen molar-refractivity contribution in [2.75, 3.05) is 5.32 Å². The van der Waals surface area contributed by atoms with Crippen molar-refractivity contribution < 1.29 is 17.2 Å². The number of benzene rings is 2. The Bertz CT molecular complexity index is 716. The summed E-state index contributed by atoms with van der Waals surface area (Å²) in [5.41, 5.74) is 0.906. The summed E-state index contributed by atoms with van der Waals surface area (Å²) in [6.07, 6.45) is 0. The van der Waals surface area contributed by atoms with E-state index in [1.807, 2.05) is 0 Å². The van der Waals surface area contributed by atoms with Gasteiger partial charge in [0.1, 0.15) is 11.6 Å². The molecule has 0 atom stereocenters. The standard InChI is InChI=1S/C13H12F2N2O2S/c14-10-3-1-9(2-4-10)8-17-13-6-5-11(7-12(13)15)20(16,18)19/h1-7,17H,8H2,(H2,16,18,19). The van der Waals surface area contributed by atoms with Crippen LogP contribution in [0.25, 0.3) is 0 Å². The van der Waals surface area contributed by atoms with Gasteiger partial charge in [-0.05, 0) is 35.9 Å². The number of rotatable bonds is 4. The topological polar surface area (TPSA) is 72.2 Å². The lowest BCUT2D eigenvalue weighted by Gasteiger charge is -2.08. The molecule has 0 unspecified atom stereocenters. The highest BCUT2D eigenvalue weighted by Gasteiger charge is 2.11. The van der Waals surface area contributed by atoms with E-state index in [9.17, 15) is 17.2 Å². The van der Waals surface area contributed by atoms with Gasteiger partial charge in [0.2, 0.25) is 10.0 Å². The highest BCUT2D eigenvalue weighted by molar-refractivity contribution is 7.89. The number of halogens is 2. The molecule has 2 aromatic carbocycles. The summed E-state index contributed by atoms with van der Waals surface area (Å²) in [6.45, 7) is 0.284. The Morgan fingerprint density at radius 3 is 2.25 bits per heavy atom. The second kappa shape index (κ2) is 5.56. The van der Waals surface area contributed by atoms with Gasteiger partial charge < -0.3 is 5.32 Å². The van der Waals surface area contributed by atoms with Gasteiger partial charge in [-0.25, -0.2) is 22.3 Å². The van der Waals surface area contributed by atoms with Crippen molar-refractivity contribution in [1.82, 2.24) is 0 Å². The van der Waals surface area contributed by atoms with Crippen LogP contribution in [-0.4, -0.2) is 8.42 Å². The maximum atomic E-state index is 13.7. The molecule has 0 saturated carbocycles. The van der Waals surface area contributed by atoms with Gasteiger partial charge in [-0.1, -0.05) is 12.1 Å². The molecule has 0 aliphatic heterocycles. The zero-order chi connectivity index (χ0) is 14.8. The number of hydrogen-bond donors (Lipinski definition) is 2. The van der Waals surface area contributed by atoms with Crippen LogP contribution in [0.3, 0.4) is 0 Å². The molecule has 2 rings (SSSR count). The first-order valence-corrected chi connectivity index (χ1v) is 7.21. The summed E-state index contributed by atoms with van der Waals surface area (Å²) in [7, 11) is -3.92. The van der Waals surface area contributed by atoms with E-state index in [-0.39, 0.29) is 22.9 Å². The van der Waals surface area contributed by atoms with Crippen molar-refractivity contribution in [3.8, 4) is 0 Å². The number of primary sulfonamides is 1. The summed E-state index contributed by atoms with van der Waals surface area (Å²) in [4.78, 5) is -0.290. The molecule has 0 bridgehead atoms. The molecule has 0 fully saturated rings. The average molecular weight is 298 g/mol. The molecule has 0 aliphatic rings. The lowest BCUT2D eigenvalue weighted by molar-refractivity contribution is 0.593. The molecule has 106 valence electrons. The van der Waals surface area contributed by atoms with Crippen molar-refractivity contribution in [2.45, 2.75) is 11.4 Å². The Balaban J connectivity index is 2.12. The molecule has 0 radical (unpaired) electrons. The zero-order valence-electron chi connectivity index (χ0n) is 10.3. The Hall–Kier alpha value is -1.99. The van der Waals surface area contributed by atoms with Gasteiger partial charge in [0, 0.05) is 6.54 Å². The molecule has 0 saturated heterocycles. The van der Waals surface area contributed by atoms with Crippen LogP contribution < -0.4 is 10.5 Å². The fourth-order valence-electron chi connectivity index (χ4n) is 1.62. The van der Waals surface area contributed by atoms with Crippen LogP contribution in [0.5, 0.6) is 0 Å². The van der Waals surface area contributed by atoms with E-state index < -0.39 is 15.8 Å². The number of anilines is 1. The van der Waals surface area contributed by atoms with E-state index in [1.165, 1.54) is 24.3 Å². The Kier molecular flexibility index (Phi) is 4.01. The minimum atomic E-state index is -3.92. The van der Waals surface area contributed by atoms with Crippen molar-refractivity contribution in [2.24, 2.45) is 5.14 Å². The van der Waals surface area contributed by atoms with E-state index in [0.717, 1.165) is 11.6 Å². The SMILES string of the molecule is NS(=O)(=O)c1ccc(NCc2ccc(F)cc2)c(F)c1. The highest BCUT2D eigenvalue weighted by atomic mass is 32.2. The Labute approximate surface area is 115 Å². The molecule has 4 nitrogen and oxygen atoms in total. The van der Waals surface area contributed by atoms with Crippen molar-refractivity contribution in [3.63, 3.8) is 0 Å². The fourth-order valence-corrected chi connectivity index (χ4v) is 2.14. The minimum absolute atomic E-state index is 0.140. The van der Waals surface area contributed by atoms with Gasteiger partial charge >= 0.3 is 0 Å². The molecule has 2 aromatic rings. The van der Waals surface area contributed by atoms with Crippen molar-refractivity contribution in [3.05, 3.63) is 59.7 Å². The molecule has 0 aliphatic carbocycles. The smallest absolute Gasteiger partial charge is 0.238 e. The quantitative estimate of drug-likeness (QED) is 0.909. The van der Waals surface area contributed by atoms with E-state index in [0.29, 0.717) is 0 Å². The molecular weight excluding hydrogens is 286 g/mol. The fraction of sp³-hybridized carbons (Fsp3) is 0.0769. The predicted molar refractivity (Wildman–Crippen MR) is 71.5 cm³/mol. The summed E-state index contributed by atoms with van der Waals surface area (Å²) >= 11 is 0. The normalized spacial score (nSPS) is 11.3. The molecule has 7 heteroatoms.